The zero-order valence-electron chi connectivity index (χ0n) is 13.1. The maximum Gasteiger partial charge on any atom is 0.129 e. The SMILES string of the molecule is O[C@@H](COCc1ccco1)CN1CCO[C@@H](Cn2cccn2)C1. The van der Waals surface area contributed by atoms with Gasteiger partial charge in [0, 0.05) is 32.0 Å². The van der Waals surface area contributed by atoms with Gasteiger partial charge < -0.3 is 19.0 Å². The number of aromatic nitrogens is 2. The Morgan fingerprint density at radius 3 is 3.17 bits per heavy atom. The van der Waals surface area contributed by atoms with E-state index in [0.29, 0.717) is 26.4 Å². The van der Waals surface area contributed by atoms with Crippen molar-refractivity contribution in [1.29, 1.82) is 0 Å². The Bertz CT molecular complexity index is 544. The van der Waals surface area contributed by atoms with Crippen molar-refractivity contribution in [2.24, 2.45) is 0 Å². The van der Waals surface area contributed by atoms with E-state index in [-0.39, 0.29) is 6.10 Å². The van der Waals surface area contributed by atoms with Gasteiger partial charge in [-0.05, 0) is 18.2 Å². The van der Waals surface area contributed by atoms with Crippen molar-refractivity contribution in [3.8, 4) is 0 Å². The van der Waals surface area contributed by atoms with E-state index >= 15 is 0 Å². The minimum absolute atomic E-state index is 0.0971. The molecule has 3 heterocycles. The molecule has 2 aromatic rings. The van der Waals surface area contributed by atoms with Crippen LogP contribution in [0.15, 0.2) is 41.3 Å². The summed E-state index contributed by atoms with van der Waals surface area (Å²) in [6.45, 7) is 4.27. The average molecular weight is 321 g/mol. The average Bonchev–Trinajstić information content (AvgIpc) is 3.21. The first kappa shape index (κ1) is 16.2. The molecule has 0 spiro atoms. The number of hydrogen-bond donors (Lipinski definition) is 1. The van der Waals surface area contributed by atoms with E-state index in [1.165, 1.54) is 0 Å². The lowest BCUT2D eigenvalue weighted by Crippen LogP contribution is -2.47. The number of morpholine rings is 1. The van der Waals surface area contributed by atoms with Gasteiger partial charge >= 0.3 is 0 Å². The number of furan rings is 1. The number of ether oxygens (including phenoxy) is 2. The Labute approximate surface area is 135 Å². The molecule has 1 aliphatic rings. The number of hydrogen-bond acceptors (Lipinski definition) is 6. The van der Waals surface area contributed by atoms with Crippen LogP contribution >= 0.6 is 0 Å². The zero-order chi connectivity index (χ0) is 15.9. The number of aliphatic hydroxyl groups is 1. The minimum atomic E-state index is -0.520. The van der Waals surface area contributed by atoms with Gasteiger partial charge in [0.15, 0.2) is 0 Å². The van der Waals surface area contributed by atoms with Gasteiger partial charge in [0.2, 0.25) is 0 Å². The minimum Gasteiger partial charge on any atom is -0.467 e. The van der Waals surface area contributed by atoms with Crippen LogP contribution in [0.25, 0.3) is 0 Å². The molecule has 1 saturated heterocycles. The van der Waals surface area contributed by atoms with Crippen LogP contribution in [0.2, 0.25) is 0 Å². The highest BCUT2D eigenvalue weighted by molar-refractivity contribution is 4.96. The van der Waals surface area contributed by atoms with Gasteiger partial charge in [-0.3, -0.25) is 9.58 Å². The normalized spacial score (nSPS) is 20.7. The molecule has 7 nitrogen and oxygen atoms in total. The van der Waals surface area contributed by atoms with Gasteiger partial charge in [0.05, 0.1) is 38.2 Å². The second-order valence-corrected chi connectivity index (χ2v) is 5.73. The van der Waals surface area contributed by atoms with Crippen LogP contribution in [-0.4, -0.2) is 64.8 Å². The summed E-state index contributed by atoms with van der Waals surface area (Å²) in [5, 5.41) is 14.3. The molecule has 0 saturated carbocycles. The lowest BCUT2D eigenvalue weighted by Gasteiger charge is -2.33. The molecule has 0 unspecified atom stereocenters. The third kappa shape index (κ3) is 5.18. The summed E-state index contributed by atoms with van der Waals surface area (Å²) in [5.74, 6) is 0.767. The molecule has 0 amide bonds. The van der Waals surface area contributed by atoms with Crippen LogP contribution in [-0.2, 0) is 22.6 Å². The van der Waals surface area contributed by atoms with Gasteiger partial charge in [-0.1, -0.05) is 0 Å². The number of rotatable bonds is 8. The molecule has 2 aromatic heterocycles. The molecular weight excluding hydrogens is 298 g/mol. The fourth-order valence-corrected chi connectivity index (χ4v) is 2.71. The first-order valence-electron chi connectivity index (χ1n) is 7.89. The van der Waals surface area contributed by atoms with Crippen molar-refractivity contribution in [3.05, 3.63) is 42.6 Å². The summed E-state index contributed by atoms with van der Waals surface area (Å²) < 4.78 is 18.3. The van der Waals surface area contributed by atoms with Crippen molar-refractivity contribution in [1.82, 2.24) is 14.7 Å². The Morgan fingerprint density at radius 2 is 2.39 bits per heavy atom. The molecule has 126 valence electrons. The molecular formula is C16H23N3O4. The van der Waals surface area contributed by atoms with Crippen molar-refractivity contribution in [2.45, 2.75) is 25.4 Å². The Kier molecular flexibility index (Phi) is 5.82. The quantitative estimate of drug-likeness (QED) is 0.774. The van der Waals surface area contributed by atoms with E-state index in [1.807, 2.05) is 29.1 Å². The van der Waals surface area contributed by atoms with E-state index in [4.69, 9.17) is 13.9 Å². The zero-order valence-corrected chi connectivity index (χ0v) is 13.1. The van der Waals surface area contributed by atoms with Crippen molar-refractivity contribution in [2.75, 3.05) is 32.8 Å². The second kappa shape index (κ2) is 8.26. The molecule has 2 atom stereocenters. The summed E-state index contributed by atoms with van der Waals surface area (Å²) >= 11 is 0. The highest BCUT2D eigenvalue weighted by Gasteiger charge is 2.22. The van der Waals surface area contributed by atoms with Crippen LogP contribution in [0.4, 0.5) is 0 Å². The van der Waals surface area contributed by atoms with Crippen LogP contribution < -0.4 is 0 Å². The molecule has 1 N–H and O–H groups in total. The standard InChI is InChI=1S/C16H23N3O4/c20-14(12-21-13-15-3-1-7-22-15)9-18-6-8-23-16(10-18)11-19-5-2-4-17-19/h1-5,7,14,16,20H,6,8-13H2/t14-,16-/m1/s1. The molecule has 1 fully saturated rings. The van der Waals surface area contributed by atoms with Gasteiger partial charge in [-0.15, -0.1) is 0 Å². The Hall–Kier alpha value is -1.67. The molecule has 3 rings (SSSR count). The first-order chi connectivity index (χ1) is 11.3. The van der Waals surface area contributed by atoms with E-state index in [0.717, 1.165) is 25.4 Å². The highest BCUT2D eigenvalue weighted by Crippen LogP contribution is 2.09. The van der Waals surface area contributed by atoms with Crippen LogP contribution in [0.3, 0.4) is 0 Å². The lowest BCUT2D eigenvalue weighted by molar-refractivity contribution is -0.0590. The third-order valence-corrected chi connectivity index (χ3v) is 3.78. The summed E-state index contributed by atoms with van der Waals surface area (Å²) in [4.78, 5) is 2.21. The molecule has 1 aliphatic heterocycles. The van der Waals surface area contributed by atoms with E-state index in [9.17, 15) is 5.11 Å². The molecule has 0 radical (unpaired) electrons. The molecule has 23 heavy (non-hydrogen) atoms. The largest absolute Gasteiger partial charge is 0.467 e. The van der Waals surface area contributed by atoms with Crippen molar-refractivity contribution >= 4 is 0 Å². The fraction of sp³-hybridized carbons (Fsp3) is 0.562. The Morgan fingerprint density at radius 1 is 1.43 bits per heavy atom. The van der Waals surface area contributed by atoms with Crippen molar-refractivity contribution in [3.63, 3.8) is 0 Å². The molecule has 0 bridgehead atoms. The van der Waals surface area contributed by atoms with E-state index in [2.05, 4.69) is 10.00 Å². The topological polar surface area (TPSA) is 72.9 Å². The summed E-state index contributed by atoms with van der Waals surface area (Å²) in [5.41, 5.74) is 0. The van der Waals surface area contributed by atoms with Gasteiger partial charge in [0.25, 0.3) is 0 Å². The van der Waals surface area contributed by atoms with Gasteiger partial charge in [-0.25, -0.2) is 0 Å². The van der Waals surface area contributed by atoms with Gasteiger partial charge in [-0.2, -0.15) is 5.10 Å². The maximum atomic E-state index is 10.1. The number of aliphatic hydroxyl groups excluding tert-OH is 1. The Balaban J connectivity index is 1.36. The van der Waals surface area contributed by atoms with E-state index < -0.39 is 6.10 Å². The van der Waals surface area contributed by atoms with Crippen LogP contribution in [0.1, 0.15) is 5.76 Å². The molecule has 7 heteroatoms. The smallest absolute Gasteiger partial charge is 0.129 e. The fourth-order valence-electron chi connectivity index (χ4n) is 2.71. The summed E-state index contributed by atoms with van der Waals surface area (Å²) in [6, 6.07) is 5.58. The summed E-state index contributed by atoms with van der Waals surface area (Å²) in [6.07, 6.45) is 4.89. The number of nitrogens with zero attached hydrogens (tertiary/aromatic N) is 3. The first-order valence-corrected chi connectivity index (χ1v) is 7.89. The third-order valence-electron chi connectivity index (χ3n) is 3.78. The highest BCUT2D eigenvalue weighted by atomic mass is 16.5. The number of β-amino-alcohol motifs (C(OH)–C–C–N with tert-alkyl or cyclic N) is 1. The maximum absolute atomic E-state index is 10.1. The predicted molar refractivity (Wildman–Crippen MR) is 82.8 cm³/mol. The molecule has 0 aliphatic carbocycles. The van der Waals surface area contributed by atoms with Crippen LogP contribution in [0.5, 0.6) is 0 Å². The predicted octanol–water partition coefficient (Wildman–Crippen LogP) is 0.755. The summed E-state index contributed by atoms with van der Waals surface area (Å²) in [7, 11) is 0. The van der Waals surface area contributed by atoms with Crippen LogP contribution in [0, 0.1) is 0 Å². The second-order valence-electron chi connectivity index (χ2n) is 5.73. The van der Waals surface area contributed by atoms with Crippen molar-refractivity contribution < 1.29 is 19.0 Å². The lowest BCUT2D eigenvalue weighted by atomic mass is 10.2. The monoisotopic (exact) mass is 321 g/mol. The van der Waals surface area contributed by atoms with Gasteiger partial charge in [0.1, 0.15) is 12.4 Å². The van der Waals surface area contributed by atoms with E-state index in [1.54, 1.807) is 12.5 Å². The molecule has 0 aromatic carbocycles.